The van der Waals surface area contributed by atoms with Crippen molar-refractivity contribution in [2.24, 2.45) is 0 Å². The summed E-state index contributed by atoms with van der Waals surface area (Å²) in [7, 11) is 0. The lowest BCUT2D eigenvalue weighted by atomic mass is 9.95. The van der Waals surface area contributed by atoms with E-state index in [9.17, 15) is 23.5 Å². The second-order valence-corrected chi connectivity index (χ2v) is 12.0. The summed E-state index contributed by atoms with van der Waals surface area (Å²) < 4.78 is 81.0. The molecule has 2 heterocycles. The Bertz CT molecular complexity index is 1270. The lowest BCUT2D eigenvalue weighted by Gasteiger charge is -2.35. The number of halogens is 4. The van der Waals surface area contributed by atoms with Gasteiger partial charge < -0.3 is 29.4 Å². The molecule has 17 heteroatoms. The highest BCUT2D eigenvalue weighted by Gasteiger charge is 2.74. The molecule has 0 bridgehead atoms. The molecule has 0 saturated carbocycles. The van der Waals surface area contributed by atoms with Crippen LogP contribution in [0.15, 0.2) is 47.4 Å². The second kappa shape index (κ2) is 11.9. The molecule has 216 valence electrons. The minimum atomic E-state index is -4.66. The van der Waals surface area contributed by atoms with Gasteiger partial charge in [-0.25, -0.2) is 18.7 Å². The Labute approximate surface area is 225 Å². The third-order valence-electron chi connectivity index (χ3n) is 5.49. The van der Waals surface area contributed by atoms with E-state index in [4.69, 9.17) is 36.1 Å². The fourth-order valence-corrected chi connectivity index (χ4v) is 5.93. The highest BCUT2D eigenvalue weighted by molar-refractivity contribution is 8.09. The molecule has 1 aliphatic heterocycles. The largest absolute Gasteiger partial charge is 0.462 e. The molecule has 0 amide bonds. The first-order valence-corrected chi connectivity index (χ1v) is 14.1. The van der Waals surface area contributed by atoms with Gasteiger partial charge in [0.15, 0.2) is 12.3 Å². The molecule has 39 heavy (non-hydrogen) atoms. The van der Waals surface area contributed by atoms with Gasteiger partial charge in [-0.2, -0.15) is 13.8 Å². The lowest BCUT2D eigenvalue weighted by molar-refractivity contribution is -0.241. The van der Waals surface area contributed by atoms with Crippen molar-refractivity contribution in [3.63, 3.8) is 0 Å². The number of benzene rings is 1. The van der Waals surface area contributed by atoms with Crippen LogP contribution in [-0.4, -0.2) is 63.4 Å². The molecule has 0 radical (unpaired) electrons. The number of nitrogens with two attached hydrogens (primary N) is 1. The number of nitrogens with zero attached hydrogens (tertiary/aromatic N) is 2. The maximum atomic E-state index is 15.3. The zero-order valence-electron chi connectivity index (χ0n) is 20.9. The van der Waals surface area contributed by atoms with E-state index in [1.807, 2.05) is 0 Å². The van der Waals surface area contributed by atoms with Gasteiger partial charge >= 0.3 is 24.2 Å². The highest BCUT2D eigenvalue weighted by atomic mass is 32.5. The van der Waals surface area contributed by atoms with Crippen LogP contribution in [0.2, 0.25) is 0 Å². The number of carbonyl (C=O) groups is 1. The second-order valence-electron chi connectivity index (χ2n) is 8.82. The first-order valence-electron chi connectivity index (χ1n) is 11.5. The van der Waals surface area contributed by atoms with Crippen LogP contribution < -0.4 is 21.0 Å². The van der Waals surface area contributed by atoms with Gasteiger partial charge in [0.1, 0.15) is 17.6 Å². The first kappa shape index (κ1) is 30.9. The summed E-state index contributed by atoms with van der Waals surface area (Å²) in [5.74, 6) is -5.65. The SMILES string of the molecule is CC(C)OC(=O)[C@H](C)NP(=S)(OC[C@@]1(C(F)F)O[C@@H](n2ccc(N)nc2=O)[C@H](O)C1(F)F)Oc1ccccc1. The van der Waals surface area contributed by atoms with Crippen LogP contribution in [0.4, 0.5) is 23.4 Å². The van der Waals surface area contributed by atoms with Gasteiger partial charge in [0.25, 0.3) is 6.43 Å². The highest BCUT2D eigenvalue weighted by Crippen LogP contribution is 2.54. The molecule has 1 aromatic carbocycles. The smallest absolute Gasteiger partial charge is 0.351 e. The predicted molar refractivity (Wildman–Crippen MR) is 134 cm³/mol. The van der Waals surface area contributed by atoms with E-state index in [0.29, 0.717) is 4.57 Å². The molecular weight excluding hydrogens is 571 g/mol. The van der Waals surface area contributed by atoms with Gasteiger partial charge in [-0.15, -0.1) is 0 Å². The van der Waals surface area contributed by atoms with Crippen molar-refractivity contribution in [1.82, 2.24) is 14.6 Å². The number of alkyl halides is 4. The lowest BCUT2D eigenvalue weighted by Crippen LogP contribution is -2.57. The van der Waals surface area contributed by atoms with Crippen LogP contribution in [0.1, 0.15) is 27.0 Å². The Morgan fingerprint density at radius 3 is 2.49 bits per heavy atom. The van der Waals surface area contributed by atoms with Crippen molar-refractivity contribution in [2.75, 3.05) is 12.3 Å². The third kappa shape index (κ3) is 6.58. The summed E-state index contributed by atoms with van der Waals surface area (Å²) in [5, 5.41) is 12.9. The van der Waals surface area contributed by atoms with Gasteiger partial charge in [-0.1, -0.05) is 18.2 Å². The van der Waals surface area contributed by atoms with E-state index in [2.05, 4.69) is 10.1 Å². The van der Waals surface area contributed by atoms with Gasteiger partial charge in [-0.3, -0.25) is 9.36 Å². The number of anilines is 1. The maximum absolute atomic E-state index is 15.3. The number of rotatable bonds is 11. The Kier molecular flexibility index (Phi) is 9.40. The monoisotopic (exact) mass is 598 g/mol. The average Bonchev–Trinajstić information content (AvgIpc) is 3.04. The van der Waals surface area contributed by atoms with Gasteiger partial charge in [0.2, 0.25) is 5.60 Å². The van der Waals surface area contributed by atoms with Crippen molar-refractivity contribution in [1.29, 1.82) is 0 Å². The van der Waals surface area contributed by atoms with Gasteiger partial charge in [0.05, 0.1) is 12.7 Å². The number of hydrogen-bond acceptors (Lipinski definition) is 10. The topological polar surface area (TPSA) is 147 Å². The molecule has 0 spiro atoms. The number of nitrogens with one attached hydrogen (secondary N) is 1. The minimum Gasteiger partial charge on any atom is -0.462 e. The quantitative estimate of drug-likeness (QED) is 0.199. The average molecular weight is 599 g/mol. The van der Waals surface area contributed by atoms with E-state index >= 15 is 8.78 Å². The molecule has 4 N–H and O–H groups in total. The summed E-state index contributed by atoms with van der Waals surface area (Å²) in [6, 6.07) is 7.46. The summed E-state index contributed by atoms with van der Waals surface area (Å²) in [5.41, 5.74) is 0.373. The van der Waals surface area contributed by atoms with Gasteiger partial charge in [0, 0.05) is 6.20 Å². The summed E-state index contributed by atoms with van der Waals surface area (Å²) in [6.45, 7) is -1.15. The molecule has 1 unspecified atom stereocenters. The van der Waals surface area contributed by atoms with Crippen LogP contribution in [0, 0.1) is 0 Å². The van der Waals surface area contributed by atoms with E-state index in [0.717, 1.165) is 12.3 Å². The van der Waals surface area contributed by atoms with Crippen molar-refractivity contribution in [3.8, 4) is 5.75 Å². The predicted octanol–water partition coefficient (Wildman–Crippen LogP) is 2.60. The fourth-order valence-electron chi connectivity index (χ4n) is 3.52. The number of para-hydroxylation sites is 1. The zero-order valence-corrected chi connectivity index (χ0v) is 22.6. The molecule has 1 aromatic heterocycles. The maximum Gasteiger partial charge on any atom is 0.351 e. The molecular formula is C22H27F4N4O7PS. The summed E-state index contributed by atoms with van der Waals surface area (Å²) >= 11 is 5.39. The van der Waals surface area contributed by atoms with Crippen molar-refractivity contribution in [2.45, 2.75) is 63.2 Å². The first-order chi connectivity index (χ1) is 18.1. The normalized spacial score (nSPS) is 24.9. The molecule has 2 aromatic rings. The number of nitrogen functional groups attached to an aromatic ring is 1. The Morgan fingerprint density at radius 2 is 1.92 bits per heavy atom. The number of esters is 1. The van der Waals surface area contributed by atoms with Crippen LogP contribution in [0.5, 0.6) is 5.75 Å². The Balaban J connectivity index is 1.95. The number of hydrogen-bond donors (Lipinski definition) is 3. The van der Waals surface area contributed by atoms with E-state index < -0.39 is 67.3 Å². The van der Waals surface area contributed by atoms with Crippen LogP contribution >= 0.6 is 6.64 Å². The molecule has 0 aliphatic carbocycles. The van der Waals surface area contributed by atoms with Crippen LogP contribution in [-0.2, 0) is 30.6 Å². The van der Waals surface area contributed by atoms with Crippen LogP contribution in [0.3, 0.4) is 0 Å². The van der Waals surface area contributed by atoms with E-state index in [1.54, 1.807) is 32.0 Å². The zero-order chi connectivity index (χ0) is 29.2. The standard InChI is InChI=1S/C22H27F4N4O7PS/c1-12(2)35-18(32)13(3)29-38(39,37-14-7-5-4-6-8-14)34-11-21(19(23)24)22(25,26)16(31)17(36-21)30-10-9-15(27)28-20(30)33/h4-10,12-13,16-17,19,31H,11H2,1-3H3,(H,29,39)(H2,27,28,33)/t13-,16-,17+,21-,38?/m0/s1. The number of aliphatic hydroxyl groups excluding tert-OH is 1. The summed E-state index contributed by atoms with van der Waals surface area (Å²) in [4.78, 5) is 27.9. The van der Waals surface area contributed by atoms with E-state index in [-0.39, 0.29) is 11.6 Å². The van der Waals surface area contributed by atoms with Crippen LogP contribution in [0.25, 0.3) is 0 Å². The fraction of sp³-hybridized carbons (Fsp3) is 0.500. The van der Waals surface area contributed by atoms with Gasteiger partial charge in [-0.05, 0) is 50.8 Å². The molecule has 3 rings (SSSR count). The Hall–Kier alpha value is -2.62. The number of aromatic nitrogens is 2. The number of ether oxygens (including phenoxy) is 2. The number of aliphatic hydroxyl groups is 1. The van der Waals surface area contributed by atoms with Crippen molar-refractivity contribution < 1.29 is 46.0 Å². The molecule has 11 nitrogen and oxygen atoms in total. The molecule has 1 aliphatic rings. The van der Waals surface area contributed by atoms with Crippen molar-refractivity contribution >= 4 is 30.2 Å². The summed E-state index contributed by atoms with van der Waals surface area (Å²) in [6.07, 6.45) is -8.79. The Morgan fingerprint density at radius 1 is 1.28 bits per heavy atom. The van der Waals surface area contributed by atoms with Crippen molar-refractivity contribution in [3.05, 3.63) is 53.1 Å². The number of carbonyl (C=O) groups excluding carboxylic acids is 1. The molecule has 5 atom stereocenters. The van der Waals surface area contributed by atoms with E-state index in [1.165, 1.54) is 19.1 Å². The molecule has 1 saturated heterocycles. The third-order valence-corrected chi connectivity index (χ3v) is 7.97. The minimum absolute atomic E-state index is 0.0837. The molecule has 1 fully saturated rings.